The molecule has 3 heterocycles. The van der Waals surface area contributed by atoms with E-state index in [1.807, 2.05) is 6.92 Å². The third kappa shape index (κ3) is 5.94. The van der Waals surface area contributed by atoms with Gasteiger partial charge in [-0.25, -0.2) is 21.9 Å². The highest BCUT2D eigenvalue weighted by Gasteiger charge is 2.39. The number of amides is 1. The molecule has 1 aromatic heterocycles. The van der Waals surface area contributed by atoms with Crippen LogP contribution in [0, 0.1) is 11.6 Å². The summed E-state index contributed by atoms with van der Waals surface area (Å²) in [6.07, 6.45) is 3.06. The monoisotopic (exact) mass is 583 g/mol. The van der Waals surface area contributed by atoms with E-state index >= 15 is 0 Å². The maximum Gasteiger partial charge on any atom is 0.299 e. The van der Waals surface area contributed by atoms with Crippen LogP contribution >= 0.6 is 12.1 Å². The molecule has 39 heavy (non-hydrogen) atoms. The van der Waals surface area contributed by atoms with Gasteiger partial charge in [0, 0.05) is 18.7 Å². The number of benzene rings is 2. The summed E-state index contributed by atoms with van der Waals surface area (Å²) in [5.41, 5.74) is 0.758. The maximum absolute atomic E-state index is 12.9. The van der Waals surface area contributed by atoms with Crippen LogP contribution in [-0.4, -0.2) is 59.1 Å². The van der Waals surface area contributed by atoms with E-state index in [1.165, 1.54) is 51.5 Å². The van der Waals surface area contributed by atoms with Crippen LogP contribution in [0.5, 0.6) is 5.75 Å². The third-order valence-electron chi connectivity index (χ3n) is 6.24. The van der Waals surface area contributed by atoms with E-state index in [9.17, 15) is 30.7 Å². The van der Waals surface area contributed by atoms with Crippen molar-refractivity contribution in [2.45, 2.75) is 43.1 Å². The first kappa shape index (κ1) is 28.6. The molecule has 208 valence electrons. The van der Waals surface area contributed by atoms with Crippen molar-refractivity contribution >= 4 is 39.5 Å². The van der Waals surface area contributed by atoms with E-state index in [1.54, 1.807) is 0 Å². The Morgan fingerprint density at radius 1 is 1.15 bits per heavy atom. The Balaban J connectivity index is 0.000000298. The second-order valence-corrected chi connectivity index (χ2v) is 11.1. The number of methoxy groups -OCH3 is 1. The fraction of sp³-hybridized carbons (Fsp3) is 0.333. The SMILES string of the molecule is COc1ccc(F)cc1F.C[C@@H]1CCCN1S(=O)(=O)c1ccc2c(c1)C(=O)C(=O)N2Cc1cn(CSF)nn1. The molecule has 0 unspecified atom stereocenters. The lowest BCUT2D eigenvalue weighted by atomic mass is 10.1. The van der Waals surface area contributed by atoms with Gasteiger partial charge in [0.15, 0.2) is 11.6 Å². The number of carbonyl (C=O) groups excluding carboxylic acids is 2. The molecule has 5 rings (SSSR count). The Bertz CT molecular complexity index is 1500. The van der Waals surface area contributed by atoms with Crippen LogP contribution in [0.1, 0.15) is 35.8 Å². The predicted molar refractivity (Wildman–Crippen MR) is 136 cm³/mol. The van der Waals surface area contributed by atoms with Crippen LogP contribution in [0.2, 0.25) is 0 Å². The molecule has 0 N–H and O–H groups in total. The van der Waals surface area contributed by atoms with Crippen LogP contribution in [-0.2, 0) is 27.2 Å². The number of sulfonamides is 1. The highest BCUT2D eigenvalue weighted by molar-refractivity contribution is 7.93. The quantitative estimate of drug-likeness (QED) is 0.387. The second kappa shape index (κ2) is 11.8. The first-order chi connectivity index (χ1) is 18.6. The van der Waals surface area contributed by atoms with Gasteiger partial charge in [-0.2, -0.15) is 8.19 Å². The zero-order valence-electron chi connectivity index (χ0n) is 20.9. The van der Waals surface area contributed by atoms with E-state index in [0.29, 0.717) is 17.9 Å². The molecular weight excluding hydrogens is 559 g/mol. The van der Waals surface area contributed by atoms with E-state index in [4.69, 9.17) is 0 Å². The highest BCUT2D eigenvalue weighted by atomic mass is 32.2. The molecule has 1 amide bonds. The molecule has 0 radical (unpaired) electrons. The number of carbonyl (C=O) groups is 2. The Morgan fingerprint density at radius 2 is 1.92 bits per heavy atom. The number of nitrogens with zero attached hydrogens (tertiary/aromatic N) is 5. The van der Waals surface area contributed by atoms with Crippen molar-refractivity contribution in [3.63, 3.8) is 0 Å². The standard InChI is InChI=1S/C17H18FN5O4S2.C7H6F2O/c1-11-3-2-6-23(11)29(26,27)13-4-5-15-14(7-13)16(24)17(25)22(15)9-12-8-21(10-28-18)20-19-12;1-10-7-3-2-5(8)4-6(7)9/h4-5,7-8,11H,2-3,6,9-10H2,1H3;2-4H,1H3/t11-;/m1./s1. The largest absolute Gasteiger partial charge is 0.494 e. The molecule has 2 aliphatic heterocycles. The summed E-state index contributed by atoms with van der Waals surface area (Å²) in [6, 6.07) is 7.20. The molecule has 0 aliphatic carbocycles. The molecule has 0 spiro atoms. The smallest absolute Gasteiger partial charge is 0.299 e. The minimum atomic E-state index is -3.74. The first-order valence-electron chi connectivity index (χ1n) is 11.7. The molecule has 0 bridgehead atoms. The lowest BCUT2D eigenvalue weighted by Crippen LogP contribution is -2.33. The zero-order valence-corrected chi connectivity index (χ0v) is 22.5. The van der Waals surface area contributed by atoms with Gasteiger partial charge in [-0.05, 0) is 50.1 Å². The van der Waals surface area contributed by atoms with Crippen LogP contribution < -0.4 is 9.64 Å². The fourth-order valence-electron chi connectivity index (χ4n) is 4.32. The average Bonchev–Trinajstić information content (AvgIpc) is 3.60. The molecule has 15 heteroatoms. The van der Waals surface area contributed by atoms with Gasteiger partial charge >= 0.3 is 0 Å². The Hall–Kier alpha value is -3.43. The summed E-state index contributed by atoms with van der Waals surface area (Å²) >= 11 is 0.0796. The molecule has 2 aromatic carbocycles. The normalized spacial score (nSPS) is 17.3. The third-order valence-corrected chi connectivity index (χ3v) is 8.61. The van der Waals surface area contributed by atoms with Crippen LogP contribution in [0.4, 0.5) is 18.4 Å². The number of Topliss-reactive ketones (excluding diaryl/α,β-unsaturated/α-hetero) is 1. The van der Waals surface area contributed by atoms with E-state index in [-0.39, 0.29) is 46.8 Å². The Morgan fingerprint density at radius 3 is 2.56 bits per heavy atom. The summed E-state index contributed by atoms with van der Waals surface area (Å²) in [7, 11) is -2.41. The number of rotatable bonds is 7. The van der Waals surface area contributed by atoms with Gasteiger partial charge in [0.1, 0.15) is 17.4 Å². The summed E-state index contributed by atoms with van der Waals surface area (Å²) in [4.78, 5) is 26.2. The van der Waals surface area contributed by atoms with Crippen molar-refractivity contribution in [2.24, 2.45) is 0 Å². The topological polar surface area (TPSA) is 115 Å². The minimum Gasteiger partial charge on any atom is -0.494 e. The molecule has 0 saturated carbocycles. The number of ketones is 1. The first-order valence-corrected chi connectivity index (χ1v) is 14.0. The second-order valence-electron chi connectivity index (χ2n) is 8.77. The molecule has 3 aromatic rings. The molecule has 10 nitrogen and oxygen atoms in total. The Kier molecular flexibility index (Phi) is 8.61. The van der Waals surface area contributed by atoms with Crippen molar-refractivity contribution in [3.8, 4) is 5.75 Å². The summed E-state index contributed by atoms with van der Waals surface area (Å²) in [5, 5.41) is 7.62. The van der Waals surface area contributed by atoms with E-state index in [0.717, 1.165) is 25.0 Å². The van der Waals surface area contributed by atoms with E-state index < -0.39 is 33.3 Å². The lowest BCUT2D eigenvalue weighted by Gasteiger charge is -2.21. The number of hydrogen-bond acceptors (Lipinski definition) is 8. The molecular formula is C24H24F3N5O5S2. The van der Waals surface area contributed by atoms with Crippen LogP contribution in [0.3, 0.4) is 0 Å². The highest BCUT2D eigenvalue weighted by Crippen LogP contribution is 2.34. The van der Waals surface area contributed by atoms with Crippen molar-refractivity contribution < 1.29 is 35.4 Å². The van der Waals surface area contributed by atoms with Crippen molar-refractivity contribution in [2.75, 3.05) is 18.6 Å². The lowest BCUT2D eigenvalue weighted by molar-refractivity contribution is -0.114. The van der Waals surface area contributed by atoms with Crippen LogP contribution in [0.25, 0.3) is 0 Å². The van der Waals surface area contributed by atoms with Crippen LogP contribution in [0.15, 0.2) is 47.5 Å². The van der Waals surface area contributed by atoms with Gasteiger partial charge in [-0.3, -0.25) is 14.5 Å². The van der Waals surface area contributed by atoms with Gasteiger partial charge in [0.25, 0.3) is 11.7 Å². The molecule has 1 fully saturated rings. The maximum atomic E-state index is 12.9. The predicted octanol–water partition coefficient (Wildman–Crippen LogP) is 3.73. The fourth-order valence-corrected chi connectivity index (χ4v) is 6.28. The van der Waals surface area contributed by atoms with Gasteiger partial charge in [-0.15, -0.1) is 5.10 Å². The minimum absolute atomic E-state index is 0.00100. The van der Waals surface area contributed by atoms with Crippen molar-refractivity contribution in [1.29, 1.82) is 0 Å². The van der Waals surface area contributed by atoms with Gasteiger partial charge < -0.3 is 4.74 Å². The number of halogens is 3. The van der Waals surface area contributed by atoms with Gasteiger partial charge in [0.05, 0.1) is 48.1 Å². The Labute approximate surface area is 227 Å². The zero-order chi connectivity index (χ0) is 28.3. The molecule has 1 atom stereocenters. The van der Waals surface area contributed by atoms with E-state index in [2.05, 4.69) is 15.0 Å². The molecule has 2 aliphatic rings. The van der Waals surface area contributed by atoms with Crippen molar-refractivity contribution in [1.82, 2.24) is 19.3 Å². The van der Waals surface area contributed by atoms with Gasteiger partial charge in [0.2, 0.25) is 10.0 Å². The number of fused-ring (bicyclic) bond motifs is 1. The number of ether oxygens (including phenoxy) is 1. The summed E-state index contributed by atoms with van der Waals surface area (Å²) in [6.45, 7) is 2.26. The number of hydrogen-bond donors (Lipinski definition) is 0. The summed E-state index contributed by atoms with van der Waals surface area (Å²) < 4.78 is 70.1. The number of aromatic nitrogens is 3. The molecule has 1 saturated heterocycles. The van der Waals surface area contributed by atoms with Gasteiger partial charge in [-0.1, -0.05) is 5.21 Å². The van der Waals surface area contributed by atoms with Crippen molar-refractivity contribution in [3.05, 3.63) is 65.5 Å². The average molecular weight is 584 g/mol. The number of anilines is 1. The summed E-state index contributed by atoms with van der Waals surface area (Å²) in [5.74, 6) is -2.79.